The van der Waals surface area contributed by atoms with Gasteiger partial charge in [0.25, 0.3) is 5.56 Å². The van der Waals surface area contributed by atoms with Crippen LogP contribution in [0.2, 0.25) is 0 Å². The highest BCUT2D eigenvalue weighted by molar-refractivity contribution is 5.52. The molecule has 21 heavy (non-hydrogen) atoms. The molecule has 0 unspecified atom stereocenters. The lowest BCUT2D eigenvalue weighted by Crippen LogP contribution is -2.10. The molecule has 0 saturated heterocycles. The van der Waals surface area contributed by atoms with Gasteiger partial charge in [0.05, 0.1) is 5.56 Å². The van der Waals surface area contributed by atoms with Crippen molar-refractivity contribution in [3.63, 3.8) is 0 Å². The summed E-state index contributed by atoms with van der Waals surface area (Å²) in [6.07, 6.45) is 1.65. The molecule has 0 saturated carbocycles. The number of nitrogens with zero attached hydrogens (tertiary/aromatic N) is 2. The summed E-state index contributed by atoms with van der Waals surface area (Å²) in [5, 5.41) is 7.04. The number of nitrogens with one attached hydrogen (secondary N) is 2. The van der Waals surface area contributed by atoms with Gasteiger partial charge in [-0.05, 0) is 31.0 Å². The minimum atomic E-state index is -0.163. The van der Waals surface area contributed by atoms with Crippen LogP contribution in [0.3, 0.4) is 0 Å². The Morgan fingerprint density at radius 2 is 1.86 bits per heavy atom. The van der Waals surface area contributed by atoms with E-state index in [1.165, 1.54) is 5.56 Å². The van der Waals surface area contributed by atoms with Crippen molar-refractivity contribution >= 4 is 0 Å². The third kappa shape index (κ3) is 3.08. The molecule has 5 heteroatoms. The van der Waals surface area contributed by atoms with Crippen molar-refractivity contribution in [2.45, 2.75) is 19.8 Å². The zero-order valence-corrected chi connectivity index (χ0v) is 11.8. The summed E-state index contributed by atoms with van der Waals surface area (Å²) in [6, 6.07) is 13.8. The minimum Gasteiger partial charge on any atom is -0.326 e. The number of hydrogen-bond acceptors (Lipinski definition) is 3. The molecular weight excluding hydrogens is 264 g/mol. The van der Waals surface area contributed by atoms with E-state index in [9.17, 15) is 4.79 Å². The number of aromatic nitrogens is 4. The molecule has 2 heterocycles. The molecule has 0 radical (unpaired) electrons. The van der Waals surface area contributed by atoms with Gasteiger partial charge in [0, 0.05) is 12.1 Å². The molecule has 3 rings (SSSR count). The quantitative estimate of drug-likeness (QED) is 0.769. The zero-order valence-electron chi connectivity index (χ0n) is 11.8. The monoisotopic (exact) mass is 280 g/mol. The van der Waals surface area contributed by atoms with Gasteiger partial charge in [-0.2, -0.15) is 5.10 Å². The van der Waals surface area contributed by atoms with Gasteiger partial charge >= 0.3 is 0 Å². The number of H-pyrrole nitrogens is 2. The Morgan fingerprint density at radius 1 is 1.05 bits per heavy atom. The van der Waals surface area contributed by atoms with Crippen molar-refractivity contribution in [3.8, 4) is 11.4 Å². The van der Waals surface area contributed by atoms with Crippen LogP contribution in [0.5, 0.6) is 0 Å². The third-order valence-electron chi connectivity index (χ3n) is 3.32. The van der Waals surface area contributed by atoms with Gasteiger partial charge in [0.15, 0.2) is 5.82 Å². The van der Waals surface area contributed by atoms with Gasteiger partial charge in [-0.3, -0.25) is 9.89 Å². The molecule has 0 fully saturated rings. The summed E-state index contributed by atoms with van der Waals surface area (Å²) in [5.41, 5.74) is 2.40. The van der Waals surface area contributed by atoms with Crippen LogP contribution in [-0.4, -0.2) is 20.2 Å². The first-order valence-corrected chi connectivity index (χ1v) is 6.88. The van der Waals surface area contributed by atoms with Gasteiger partial charge in [-0.1, -0.05) is 30.3 Å². The summed E-state index contributed by atoms with van der Waals surface area (Å²) < 4.78 is 0. The Bertz CT molecular complexity index is 789. The molecule has 3 aromatic rings. The standard InChI is InChI=1S/C16H16N4O/c1-11-7-9-13(16(21)17-11)15-18-14(19-20-15)10-8-12-5-3-2-4-6-12/h2-7,9H,8,10H2,1H3,(H,17,21)(H,18,19,20). The maximum atomic E-state index is 11.9. The van der Waals surface area contributed by atoms with Gasteiger partial charge < -0.3 is 4.98 Å². The second kappa shape index (κ2) is 5.75. The Morgan fingerprint density at radius 3 is 2.62 bits per heavy atom. The number of pyridine rings is 1. The predicted molar refractivity (Wildman–Crippen MR) is 81.0 cm³/mol. The summed E-state index contributed by atoms with van der Waals surface area (Å²) >= 11 is 0. The maximum Gasteiger partial charge on any atom is 0.259 e. The van der Waals surface area contributed by atoms with Crippen LogP contribution >= 0.6 is 0 Å². The van der Waals surface area contributed by atoms with E-state index in [0.717, 1.165) is 24.4 Å². The number of aryl methyl sites for hydroxylation is 3. The SMILES string of the molecule is Cc1ccc(-c2n[nH]c(CCc3ccccc3)n2)c(=O)[nH]1. The fourth-order valence-electron chi connectivity index (χ4n) is 2.18. The molecule has 0 bridgehead atoms. The molecular formula is C16H16N4O. The van der Waals surface area contributed by atoms with Gasteiger partial charge in [0.1, 0.15) is 5.82 Å². The lowest BCUT2D eigenvalue weighted by atomic mass is 10.1. The molecule has 2 N–H and O–H groups in total. The third-order valence-corrected chi connectivity index (χ3v) is 3.32. The second-order valence-electron chi connectivity index (χ2n) is 4.98. The average Bonchev–Trinajstić information content (AvgIpc) is 2.95. The van der Waals surface area contributed by atoms with E-state index < -0.39 is 0 Å². The van der Waals surface area contributed by atoms with Crippen molar-refractivity contribution in [1.82, 2.24) is 20.2 Å². The van der Waals surface area contributed by atoms with Crippen LogP contribution in [0.25, 0.3) is 11.4 Å². The van der Waals surface area contributed by atoms with Crippen LogP contribution in [0.15, 0.2) is 47.3 Å². The van der Waals surface area contributed by atoms with E-state index in [1.807, 2.05) is 31.2 Å². The maximum absolute atomic E-state index is 11.9. The largest absolute Gasteiger partial charge is 0.326 e. The molecule has 0 aliphatic carbocycles. The summed E-state index contributed by atoms with van der Waals surface area (Å²) in [6.45, 7) is 1.84. The lowest BCUT2D eigenvalue weighted by Gasteiger charge is -1.97. The van der Waals surface area contributed by atoms with Crippen molar-refractivity contribution in [3.05, 3.63) is 69.9 Å². The normalized spacial score (nSPS) is 10.7. The first-order valence-electron chi connectivity index (χ1n) is 6.88. The lowest BCUT2D eigenvalue weighted by molar-refractivity contribution is 0.865. The first-order chi connectivity index (χ1) is 10.2. The second-order valence-corrected chi connectivity index (χ2v) is 4.98. The zero-order chi connectivity index (χ0) is 14.7. The van der Waals surface area contributed by atoms with Crippen LogP contribution in [0.4, 0.5) is 0 Å². The smallest absolute Gasteiger partial charge is 0.259 e. The molecule has 1 aromatic carbocycles. The molecule has 0 spiro atoms. The van der Waals surface area contributed by atoms with Crippen LogP contribution in [-0.2, 0) is 12.8 Å². The highest BCUT2D eigenvalue weighted by Gasteiger charge is 2.09. The van der Waals surface area contributed by atoms with E-state index in [0.29, 0.717) is 11.4 Å². The molecule has 2 aromatic heterocycles. The Hall–Kier alpha value is -2.69. The Balaban J connectivity index is 1.76. The number of hydrogen-bond donors (Lipinski definition) is 2. The molecule has 0 atom stereocenters. The Labute approximate surface area is 122 Å². The van der Waals surface area contributed by atoms with E-state index >= 15 is 0 Å². The molecule has 0 aliphatic heterocycles. The fraction of sp³-hybridized carbons (Fsp3) is 0.188. The van der Waals surface area contributed by atoms with Crippen molar-refractivity contribution in [2.24, 2.45) is 0 Å². The average molecular weight is 280 g/mol. The summed E-state index contributed by atoms with van der Waals surface area (Å²) in [7, 11) is 0. The van der Waals surface area contributed by atoms with E-state index in [1.54, 1.807) is 6.07 Å². The van der Waals surface area contributed by atoms with E-state index in [-0.39, 0.29) is 5.56 Å². The minimum absolute atomic E-state index is 0.163. The highest BCUT2D eigenvalue weighted by atomic mass is 16.1. The predicted octanol–water partition coefficient (Wildman–Crippen LogP) is 2.25. The van der Waals surface area contributed by atoms with Crippen molar-refractivity contribution in [1.29, 1.82) is 0 Å². The molecule has 0 aliphatic rings. The molecule has 5 nitrogen and oxygen atoms in total. The van der Waals surface area contributed by atoms with Crippen LogP contribution in [0.1, 0.15) is 17.1 Å². The van der Waals surface area contributed by atoms with Crippen molar-refractivity contribution in [2.75, 3.05) is 0 Å². The van der Waals surface area contributed by atoms with Crippen molar-refractivity contribution < 1.29 is 0 Å². The van der Waals surface area contributed by atoms with Gasteiger partial charge in [-0.25, -0.2) is 4.98 Å². The van der Waals surface area contributed by atoms with Crippen LogP contribution in [0, 0.1) is 6.92 Å². The van der Waals surface area contributed by atoms with Crippen LogP contribution < -0.4 is 5.56 Å². The van der Waals surface area contributed by atoms with E-state index in [4.69, 9.17) is 0 Å². The topological polar surface area (TPSA) is 74.4 Å². The number of benzene rings is 1. The summed E-state index contributed by atoms with van der Waals surface area (Å²) in [5.74, 6) is 1.23. The number of rotatable bonds is 4. The summed E-state index contributed by atoms with van der Waals surface area (Å²) in [4.78, 5) is 19.0. The first kappa shape index (κ1) is 13.3. The Kier molecular flexibility index (Phi) is 3.64. The van der Waals surface area contributed by atoms with Gasteiger partial charge in [0.2, 0.25) is 0 Å². The van der Waals surface area contributed by atoms with Gasteiger partial charge in [-0.15, -0.1) is 0 Å². The molecule has 106 valence electrons. The molecule has 0 amide bonds. The number of aromatic amines is 2. The van der Waals surface area contributed by atoms with E-state index in [2.05, 4.69) is 32.3 Å². The highest BCUT2D eigenvalue weighted by Crippen LogP contribution is 2.10. The fourth-order valence-corrected chi connectivity index (χ4v) is 2.18.